The number of ether oxygens (including phenoxy) is 6. The third kappa shape index (κ3) is 11.5. The Labute approximate surface area is 333 Å². The highest BCUT2D eigenvalue weighted by Gasteiger charge is 2.53. The first-order chi connectivity index (χ1) is 27.9. The molecule has 0 bridgehead atoms. The number of alkyl carbamates (subject to hydrolysis) is 1. The van der Waals surface area contributed by atoms with Gasteiger partial charge >= 0.3 is 30.0 Å². The van der Waals surface area contributed by atoms with Gasteiger partial charge in [-0.2, -0.15) is 0 Å². The summed E-state index contributed by atoms with van der Waals surface area (Å²) in [7, 11) is 0. The smallest absolute Gasteiger partial charge is 0.407 e. The van der Waals surface area contributed by atoms with Gasteiger partial charge in [0.25, 0.3) is 0 Å². The summed E-state index contributed by atoms with van der Waals surface area (Å²) in [5, 5.41) is 2.69. The SMILES string of the molecule is O=C(NCCS[C@@H]1O[C@H](COC(=O)c2ccccc2)[C@H](OC(=O)c2ccccc2)[C@H](OC(=O)c2ccccc2)[C@H]1OC(=O)c1ccccc1)OCc1ccccc1. The largest absolute Gasteiger partial charge is 0.459 e. The zero-order valence-electron chi connectivity index (χ0n) is 30.5. The first-order valence-corrected chi connectivity index (χ1v) is 19.1. The van der Waals surface area contributed by atoms with Crippen molar-refractivity contribution in [1.82, 2.24) is 5.32 Å². The molecule has 1 aliphatic rings. The molecule has 1 N–H and O–H groups in total. The van der Waals surface area contributed by atoms with Crippen molar-refractivity contribution in [2.75, 3.05) is 18.9 Å². The van der Waals surface area contributed by atoms with Crippen LogP contribution in [0.15, 0.2) is 152 Å². The van der Waals surface area contributed by atoms with Crippen molar-refractivity contribution in [1.29, 1.82) is 0 Å². The molecule has 0 spiro atoms. The number of carbonyl (C=O) groups excluding carboxylic acids is 5. The molecule has 6 rings (SSSR count). The Morgan fingerprint density at radius 2 is 0.930 bits per heavy atom. The fraction of sp³-hybridized carbons (Fsp3) is 0.205. The predicted octanol–water partition coefficient (Wildman–Crippen LogP) is 6.90. The maximum atomic E-state index is 13.8. The number of amides is 1. The molecule has 1 aliphatic heterocycles. The molecular formula is C44H39NO11S. The van der Waals surface area contributed by atoms with E-state index in [2.05, 4.69) is 5.32 Å². The molecule has 1 amide bonds. The normalized spacial score (nSPS) is 18.6. The molecule has 0 radical (unpaired) electrons. The lowest BCUT2D eigenvalue weighted by Gasteiger charge is -2.44. The summed E-state index contributed by atoms with van der Waals surface area (Å²) in [6.45, 7) is -0.267. The van der Waals surface area contributed by atoms with Gasteiger partial charge in [-0.05, 0) is 54.1 Å². The number of esters is 4. The molecule has 1 heterocycles. The summed E-state index contributed by atoms with van der Waals surface area (Å²) < 4.78 is 35.8. The highest BCUT2D eigenvalue weighted by molar-refractivity contribution is 7.99. The highest BCUT2D eigenvalue weighted by Crippen LogP contribution is 2.35. The molecule has 5 aromatic rings. The third-order valence-electron chi connectivity index (χ3n) is 8.60. The molecule has 13 heteroatoms. The van der Waals surface area contributed by atoms with Crippen LogP contribution in [0.5, 0.6) is 0 Å². The summed E-state index contributed by atoms with van der Waals surface area (Å²) in [5.41, 5.74) is 0.557. The van der Waals surface area contributed by atoms with Gasteiger partial charge in [0, 0.05) is 12.3 Å². The highest BCUT2D eigenvalue weighted by atomic mass is 32.2. The number of hydrogen-bond donors (Lipinski definition) is 1. The van der Waals surface area contributed by atoms with E-state index in [1.54, 1.807) is 121 Å². The van der Waals surface area contributed by atoms with Crippen LogP contribution in [0.2, 0.25) is 0 Å². The van der Waals surface area contributed by atoms with E-state index in [4.69, 9.17) is 28.4 Å². The molecule has 57 heavy (non-hydrogen) atoms. The van der Waals surface area contributed by atoms with Crippen molar-refractivity contribution in [2.45, 2.75) is 36.5 Å². The Hall–Kier alpha value is -6.44. The standard InChI is InChI=1S/C44H39NO11S/c46-39(31-18-8-2-9-19-31)51-29-35-36(54-40(47)32-20-10-3-11-21-32)37(55-41(48)33-22-12-4-13-23-33)38(56-42(49)34-24-14-5-15-25-34)43(53-35)57-27-26-45-44(50)52-28-30-16-6-1-7-17-30/h1-25,35-38,43H,26-29H2,(H,45,50)/t35-,36+,37+,38-,43+/m1/s1. The van der Waals surface area contributed by atoms with E-state index in [1.165, 1.54) is 0 Å². The zero-order chi connectivity index (χ0) is 39.8. The molecule has 0 aromatic heterocycles. The maximum absolute atomic E-state index is 13.8. The van der Waals surface area contributed by atoms with Crippen molar-refractivity contribution in [3.63, 3.8) is 0 Å². The predicted molar refractivity (Wildman–Crippen MR) is 209 cm³/mol. The molecule has 5 aromatic carbocycles. The summed E-state index contributed by atoms with van der Waals surface area (Å²) in [5.74, 6) is -2.82. The first kappa shape index (κ1) is 40.2. The minimum Gasteiger partial charge on any atom is -0.459 e. The molecule has 12 nitrogen and oxygen atoms in total. The number of hydrogen-bond acceptors (Lipinski definition) is 12. The number of benzene rings is 5. The lowest BCUT2D eigenvalue weighted by atomic mass is 9.98. The minimum absolute atomic E-state index is 0.0734. The van der Waals surface area contributed by atoms with Crippen LogP contribution < -0.4 is 5.32 Å². The van der Waals surface area contributed by atoms with Crippen molar-refractivity contribution in [2.24, 2.45) is 0 Å². The van der Waals surface area contributed by atoms with Crippen molar-refractivity contribution in [3.8, 4) is 0 Å². The molecular weight excluding hydrogens is 751 g/mol. The van der Waals surface area contributed by atoms with Crippen LogP contribution in [0.1, 0.15) is 47.0 Å². The van der Waals surface area contributed by atoms with Gasteiger partial charge in [0.2, 0.25) is 0 Å². The first-order valence-electron chi connectivity index (χ1n) is 18.1. The Morgan fingerprint density at radius 1 is 0.509 bits per heavy atom. The second-order valence-corrected chi connectivity index (χ2v) is 13.8. The van der Waals surface area contributed by atoms with Crippen LogP contribution in [0, 0.1) is 0 Å². The fourth-order valence-corrected chi connectivity index (χ4v) is 6.84. The molecule has 0 saturated carbocycles. The molecule has 0 aliphatic carbocycles. The van der Waals surface area contributed by atoms with Gasteiger partial charge in [-0.25, -0.2) is 24.0 Å². The summed E-state index contributed by atoms with van der Waals surface area (Å²) in [6, 6.07) is 41.9. The van der Waals surface area contributed by atoms with Gasteiger partial charge in [0.1, 0.15) is 24.8 Å². The summed E-state index contributed by atoms with van der Waals surface area (Å²) >= 11 is 1.14. The lowest BCUT2D eigenvalue weighted by Crippen LogP contribution is -2.62. The van der Waals surface area contributed by atoms with Crippen LogP contribution in [0.25, 0.3) is 0 Å². The molecule has 0 unspecified atom stereocenters. The van der Waals surface area contributed by atoms with E-state index in [0.717, 1.165) is 17.3 Å². The Morgan fingerprint density at radius 3 is 1.42 bits per heavy atom. The van der Waals surface area contributed by atoms with Crippen LogP contribution >= 0.6 is 11.8 Å². The monoisotopic (exact) mass is 789 g/mol. The number of carbonyl (C=O) groups is 5. The third-order valence-corrected chi connectivity index (χ3v) is 9.75. The zero-order valence-corrected chi connectivity index (χ0v) is 31.4. The van der Waals surface area contributed by atoms with E-state index in [-0.39, 0.29) is 41.2 Å². The van der Waals surface area contributed by atoms with Crippen LogP contribution in [0.4, 0.5) is 4.79 Å². The van der Waals surface area contributed by atoms with Gasteiger partial charge in [0.05, 0.1) is 22.3 Å². The van der Waals surface area contributed by atoms with Crippen LogP contribution in [-0.2, 0) is 35.0 Å². The fourth-order valence-electron chi connectivity index (χ4n) is 5.76. The van der Waals surface area contributed by atoms with Crippen molar-refractivity contribution >= 4 is 41.7 Å². The van der Waals surface area contributed by atoms with Crippen LogP contribution in [-0.4, -0.2) is 78.7 Å². The summed E-state index contributed by atoms with van der Waals surface area (Å²) in [6.07, 6.45) is -6.19. The van der Waals surface area contributed by atoms with Gasteiger partial charge < -0.3 is 33.7 Å². The van der Waals surface area contributed by atoms with E-state index in [0.29, 0.717) is 0 Å². The quantitative estimate of drug-likeness (QED) is 0.0667. The lowest BCUT2D eigenvalue weighted by molar-refractivity contribution is -0.207. The van der Waals surface area contributed by atoms with Gasteiger partial charge in [-0.3, -0.25) is 0 Å². The van der Waals surface area contributed by atoms with E-state index < -0.39 is 66.4 Å². The topological polar surface area (TPSA) is 153 Å². The van der Waals surface area contributed by atoms with Crippen molar-refractivity contribution in [3.05, 3.63) is 179 Å². The number of nitrogens with one attached hydrogen (secondary N) is 1. The van der Waals surface area contributed by atoms with E-state index in [9.17, 15) is 24.0 Å². The van der Waals surface area contributed by atoms with Crippen molar-refractivity contribution < 1.29 is 52.4 Å². The average Bonchev–Trinajstić information content (AvgIpc) is 3.26. The second-order valence-electron chi connectivity index (χ2n) is 12.6. The van der Waals surface area contributed by atoms with Gasteiger partial charge in [0.15, 0.2) is 18.3 Å². The Kier molecular flexibility index (Phi) is 14.4. The van der Waals surface area contributed by atoms with E-state index in [1.807, 2.05) is 30.3 Å². The van der Waals surface area contributed by atoms with Gasteiger partial charge in [-0.1, -0.05) is 103 Å². The van der Waals surface area contributed by atoms with E-state index >= 15 is 0 Å². The minimum atomic E-state index is -1.48. The number of thioether (sulfide) groups is 1. The summed E-state index contributed by atoms with van der Waals surface area (Å²) in [4.78, 5) is 66.8. The molecule has 1 fully saturated rings. The Bertz CT molecular complexity index is 2070. The van der Waals surface area contributed by atoms with Gasteiger partial charge in [-0.15, -0.1) is 11.8 Å². The molecule has 5 atom stereocenters. The average molecular weight is 790 g/mol. The second kappa shape index (κ2) is 20.5. The molecule has 292 valence electrons. The number of rotatable bonds is 15. The Balaban J connectivity index is 1.30. The maximum Gasteiger partial charge on any atom is 0.407 e. The molecule has 1 saturated heterocycles. The van der Waals surface area contributed by atoms with Crippen LogP contribution in [0.3, 0.4) is 0 Å².